The van der Waals surface area contributed by atoms with Gasteiger partial charge in [-0.25, -0.2) is 4.39 Å². The summed E-state index contributed by atoms with van der Waals surface area (Å²) in [6.45, 7) is 1.97. The fraction of sp³-hybridized carbons (Fsp3) is 0.400. The van der Waals surface area contributed by atoms with E-state index in [2.05, 4.69) is 0 Å². The Morgan fingerprint density at radius 2 is 2.08 bits per heavy atom. The first-order valence-corrected chi connectivity index (χ1v) is 5.14. The van der Waals surface area contributed by atoms with Crippen molar-refractivity contribution in [2.45, 2.75) is 17.3 Å². The fourth-order valence-electron chi connectivity index (χ4n) is 0.947. The summed E-state index contributed by atoms with van der Waals surface area (Å²) in [5.41, 5.74) is -0.368. The minimum Gasteiger partial charge on any atom is -0.365 e. The monoisotopic (exact) mass is 200 g/mol. The molecule has 1 aromatic carbocycles. The van der Waals surface area contributed by atoms with Gasteiger partial charge in [-0.1, -0.05) is 30.0 Å². The molecule has 72 valence electrons. The summed E-state index contributed by atoms with van der Waals surface area (Å²) in [5, 5.41) is 0. The molecule has 0 saturated carbocycles. The smallest absolute Gasteiger partial charge is 0.135 e. The van der Waals surface area contributed by atoms with Crippen LogP contribution in [-0.2, 0) is 4.74 Å². The second kappa shape index (κ2) is 6.00. The maximum atomic E-state index is 12.4. The Balaban J connectivity index is 2.46. The van der Waals surface area contributed by atoms with E-state index in [1.165, 1.54) is 11.8 Å². The summed E-state index contributed by atoms with van der Waals surface area (Å²) in [6.07, 6.45) is 0. The molecular formula is C10H13FOS. The standard InChI is InChI=1S/C10H13FOS/c1-2-12-10(8-11)13-9-6-4-3-5-7-9/h3-7,10H,2,8H2,1H3. The fourth-order valence-corrected chi connectivity index (χ4v) is 1.83. The molecule has 1 rings (SSSR count). The molecule has 0 aliphatic carbocycles. The van der Waals surface area contributed by atoms with Gasteiger partial charge in [0.15, 0.2) is 0 Å². The molecule has 0 radical (unpaired) electrons. The van der Waals surface area contributed by atoms with E-state index in [9.17, 15) is 4.39 Å². The van der Waals surface area contributed by atoms with E-state index in [0.29, 0.717) is 6.61 Å². The molecule has 3 heteroatoms. The van der Waals surface area contributed by atoms with Crippen LogP contribution in [0.15, 0.2) is 35.2 Å². The maximum absolute atomic E-state index is 12.4. The molecule has 1 aromatic rings. The summed E-state index contributed by atoms with van der Waals surface area (Å²) in [7, 11) is 0. The number of halogens is 1. The molecule has 0 aliphatic heterocycles. The van der Waals surface area contributed by atoms with Crippen LogP contribution in [0, 0.1) is 0 Å². The Kier molecular flexibility index (Phi) is 4.86. The molecule has 0 amide bonds. The first kappa shape index (κ1) is 10.5. The highest BCUT2D eigenvalue weighted by Crippen LogP contribution is 2.23. The number of alkyl halides is 1. The molecule has 0 saturated heterocycles. The molecule has 1 nitrogen and oxygen atoms in total. The van der Waals surface area contributed by atoms with Gasteiger partial charge in [-0.15, -0.1) is 0 Å². The van der Waals surface area contributed by atoms with Gasteiger partial charge in [-0.05, 0) is 19.1 Å². The van der Waals surface area contributed by atoms with Crippen molar-refractivity contribution in [2.24, 2.45) is 0 Å². The lowest BCUT2D eigenvalue weighted by Gasteiger charge is -2.12. The molecule has 1 atom stereocenters. The quantitative estimate of drug-likeness (QED) is 0.533. The number of hydrogen-bond donors (Lipinski definition) is 0. The first-order chi connectivity index (χ1) is 6.36. The minimum atomic E-state index is -0.451. The van der Waals surface area contributed by atoms with Crippen molar-refractivity contribution in [3.8, 4) is 0 Å². The number of benzene rings is 1. The van der Waals surface area contributed by atoms with Gasteiger partial charge in [0, 0.05) is 11.5 Å². The van der Waals surface area contributed by atoms with Crippen molar-refractivity contribution in [3.05, 3.63) is 30.3 Å². The molecule has 0 aliphatic rings. The number of hydrogen-bond acceptors (Lipinski definition) is 2. The van der Waals surface area contributed by atoms with Gasteiger partial charge in [-0.2, -0.15) is 0 Å². The lowest BCUT2D eigenvalue weighted by atomic mass is 10.4. The average molecular weight is 200 g/mol. The zero-order chi connectivity index (χ0) is 9.52. The van der Waals surface area contributed by atoms with Crippen LogP contribution in [0.1, 0.15) is 6.92 Å². The van der Waals surface area contributed by atoms with Crippen LogP contribution in [0.5, 0.6) is 0 Å². The normalized spacial score (nSPS) is 12.8. The topological polar surface area (TPSA) is 9.23 Å². The van der Waals surface area contributed by atoms with Gasteiger partial charge in [-0.3, -0.25) is 0 Å². The van der Waals surface area contributed by atoms with E-state index in [-0.39, 0.29) is 5.44 Å². The molecule has 0 spiro atoms. The zero-order valence-electron chi connectivity index (χ0n) is 7.57. The van der Waals surface area contributed by atoms with E-state index < -0.39 is 6.67 Å². The Hall–Kier alpha value is -0.540. The third kappa shape index (κ3) is 3.79. The van der Waals surface area contributed by atoms with Crippen molar-refractivity contribution in [3.63, 3.8) is 0 Å². The van der Waals surface area contributed by atoms with E-state index in [1.807, 2.05) is 37.3 Å². The number of thioether (sulfide) groups is 1. The van der Waals surface area contributed by atoms with E-state index >= 15 is 0 Å². The Labute approximate surface area is 82.3 Å². The maximum Gasteiger partial charge on any atom is 0.135 e. The molecule has 0 bridgehead atoms. The van der Waals surface area contributed by atoms with Crippen LogP contribution in [0.25, 0.3) is 0 Å². The summed E-state index contributed by atoms with van der Waals surface area (Å²) >= 11 is 1.42. The largest absolute Gasteiger partial charge is 0.365 e. The SMILES string of the molecule is CCOC(CF)Sc1ccccc1. The first-order valence-electron chi connectivity index (χ1n) is 4.26. The van der Waals surface area contributed by atoms with Crippen molar-refractivity contribution < 1.29 is 9.13 Å². The minimum absolute atomic E-state index is 0.368. The second-order valence-corrected chi connectivity index (χ2v) is 3.70. The third-order valence-electron chi connectivity index (χ3n) is 1.49. The summed E-state index contributed by atoms with van der Waals surface area (Å²) in [5.74, 6) is 0. The van der Waals surface area contributed by atoms with Crippen LogP contribution >= 0.6 is 11.8 Å². The predicted octanol–water partition coefficient (Wildman–Crippen LogP) is 3.11. The highest BCUT2D eigenvalue weighted by molar-refractivity contribution is 7.99. The van der Waals surface area contributed by atoms with Crippen LogP contribution in [-0.4, -0.2) is 18.7 Å². The van der Waals surface area contributed by atoms with Crippen molar-refractivity contribution in [1.29, 1.82) is 0 Å². The van der Waals surface area contributed by atoms with Gasteiger partial charge in [0.2, 0.25) is 0 Å². The van der Waals surface area contributed by atoms with Crippen molar-refractivity contribution in [2.75, 3.05) is 13.3 Å². The Morgan fingerprint density at radius 3 is 2.62 bits per heavy atom. The Morgan fingerprint density at radius 1 is 1.38 bits per heavy atom. The predicted molar refractivity (Wildman–Crippen MR) is 53.7 cm³/mol. The summed E-state index contributed by atoms with van der Waals surface area (Å²) in [6, 6.07) is 9.71. The highest BCUT2D eigenvalue weighted by atomic mass is 32.2. The van der Waals surface area contributed by atoms with Gasteiger partial charge >= 0.3 is 0 Å². The molecule has 1 unspecified atom stereocenters. The summed E-state index contributed by atoms with van der Waals surface area (Å²) in [4.78, 5) is 1.04. The van der Waals surface area contributed by atoms with Crippen molar-refractivity contribution in [1.82, 2.24) is 0 Å². The summed E-state index contributed by atoms with van der Waals surface area (Å²) < 4.78 is 17.6. The van der Waals surface area contributed by atoms with Crippen LogP contribution in [0.3, 0.4) is 0 Å². The molecule has 0 fully saturated rings. The molecule has 0 heterocycles. The second-order valence-electron chi connectivity index (χ2n) is 2.47. The third-order valence-corrected chi connectivity index (χ3v) is 2.56. The lowest BCUT2D eigenvalue weighted by Crippen LogP contribution is -2.10. The van der Waals surface area contributed by atoms with Gasteiger partial charge < -0.3 is 4.74 Å². The van der Waals surface area contributed by atoms with Crippen LogP contribution in [0.2, 0.25) is 0 Å². The lowest BCUT2D eigenvalue weighted by molar-refractivity contribution is 0.105. The molecule has 0 aromatic heterocycles. The number of rotatable bonds is 5. The van der Waals surface area contributed by atoms with Crippen LogP contribution in [0.4, 0.5) is 4.39 Å². The molecule has 13 heavy (non-hydrogen) atoms. The molecule has 0 N–H and O–H groups in total. The Bertz CT molecular complexity index is 228. The van der Waals surface area contributed by atoms with Gasteiger partial charge in [0.05, 0.1) is 0 Å². The van der Waals surface area contributed by atoms with Crippen LogP contribution < -0.4 is 0 Å². The zero-order valence-corrected chi connectivity index (χ0v) is 8.39. The van der Waals surface area contributed by atoms with E-state index in [1.54, 1.807) is 0 Å². The highest BCUT2D eigenvalue weighted by Gasteiger charge is 2.08. The van der Waals surface area contributed by atoms with Gasteiger partial charge in [0.1, 0.15) is 12.1 Å². The van der Waals surface area contributed by atoms with Gasteiger partial charge in [0.25, 0.3) is 0 Å². The average Bonchev–Trinajstić information content (AvgIpc) is 2.19. The number of ether oxygens (including phenoxy) is 1. The van der Waals surface area contributed by atoms with E-state index in [0.717, 1.165) is 4.90 Å². The molecular weight excluding hydrogens is 187 g/mol. The van der Waals surface area contributed by atoms with Crippen molar-refractivity contribution >= 4 is 11.8 Å². The van der Waals surface area contributed by atoms with E-state index in [4.69, 9.17) is 4.74 Å².